The molecule has 7 nitrogen and oxygen atoms in total. The minimum Gasteiger partial charge on any atom is -0.353 e. The first-order chi connectivity index (χ1) is 14.1. The van der Waals surface area contributed by atoms with Crippen LogP contribution in [0.15, 0.2) is 54.2 Å². The van der Waals surface area contributed by atoms with E-state index in [1.54, 1.807) is 6.20 Å². The second kappa shape index (κ2) is 10.1. The second-order valence-corrected chi connectivity index (χ2v) is 7.78. The van der Waals surface area contributed by atoms with E-state index in [-0.39, 0.29) is 24.0 Å². The summed E-state index contributed by atoms with van der Waals surface area (Å²) in [7, 11) is 1.82. The van der Waals surface area contributed by atoms with Gasteiger partial charge in [0.05, 0.1) is 17.7 Å². The van der Waals surface area contributed by atoms with Crippen LogP contribution in [0.4, 0.5) is 0 Å². The van der Waals surface area contributed by atoms with Gasteiger partial charge in [0.15, 0.2) is 5.96 Å². The van der Waals surface area contributed by atoms with Crippen LogP contribution in [0, 0.1) is 0 Å². The molecule has 160 valence electrons. The molecule has 1 atom stereocenters. The minimum atomic E-state index is 0. The number of hydrogen-bond acceptors (Lipinski definition) is 3. The van der Waals surface area contributed by atoms with Gasteiger partial charge < -0.3 is 15.2 Å². The summed E-state index contributed by atoms with van der Waals surface area (Å²) in [6, 6.07) is 9.07. The highest BCUT2D eigenvalue weighted by molar-refractivity contribution is 14.0. The van der Waals surface area contributed by atoms with Gasteiger partial charge in [-0.1, -0.05) is 18.2 Å². The van der Waals surface area contributed by atoms with Crippen molar-refractivity contribution in [1.82, 2.24) is 30.0 Å². The van der Waals surface area contributed by atoms with Crippen LogP contribution in [0.1, 0.15) is 43.1 Å². The first-order valence-corrected chi connectivity index (χ1v) is 10.2. The Morgan fingerprint density at radius 3 is 2.87 bits per heavy atom. The topological polar surface area (TPSA) is 72.1 Å². The SMILES string of the molecule is CN=C(NCc1ccccc1-n1ccnc1)NC1CCc2cn(C(C)C)nc2C1.I. The van der Waals surface area contributed by atoms with Crippen molar-refractivity contribution in [3.05, 3.63) is 66.0 Å². The first-order valence-electron chi connectivity index (χ1n) is 10.2. The fourth-order valence-corrected chi connectivity index (χ4v) is 3.78. The molecule has 1 aromatic carbocycles. The Bertz CT molecular complexity index is 975. The molecule has 2 heterocycles. The molecule has 0 fully saturated rings. The molecule has 3 aromatic rings. The molecular formula is C22H30IN7. The van der Waals surface area contributed by atoms with Crippen molar-refractivity contribution in [2.75, 3.05) is 7.05 Å². The number of imidazole rings is 1. The molecule has 2 N–H and O–H groups in total. The van der Waals surface area contributed by atoms with Crippen molar-refractivity contribution in [2.45, 2.75) is 51.7 Å². The largest absolute Gasteiger partial charge is 0.353 e. The second-order valence-electron chi connectivity index (χ2n) is 7.78. The molecule has 0 radical (unpaired) electrons. The molecule has 0 bridgehead atoms. The number of rotatable bonds is 5. The van der Waals surface area contributed by atoms with Gasteiger partial charge in [-0.15, -0.1) is 24.0 Å². The maximum absolute atomic E-state index is 4.78. The normalized spacial score (nSPS) is 16.1. The average molecular weight is 519 g/mol. The molecule has 0 spiro atoms. The van der Waals surface area contributed by atoms with Crippen LogP contribution in [0.3, 0.4) is 0 Å². The summed E-state index contributed by atoms with van der Waals surface area (Å²) >= 11 is 0. The van der Waals surface area contributed by atoms with Crippen LogP contribution in [0.25, 0.3) is 5.69 Å². The summed E-state index contributed by atoms with van der Waals surface area (Å²) < 4.78 is 4.11. The average Bonchev–Trinajstić information content (AvgIpc) is 3.41. The van der Waals surface area contributed by atoms with Gasteiger partial charge in [0, 0.05) is 50.7 Å². The third kappa shape index (κ3) is 5.03. The number of nitrogens with one attached hydrogen (secondary N) is 2. The number of hydrogen-bond donors (Lipinski definition) is 2. The van der Waals surface area contributed by atoms with E-state index < -0.39 is 0 Å². The summed E-state index contributed by atoms with van der Waals surface area (Å²) in [6.07, 6.45) is 10.9. The van der Waals surface area contributed by atoms with Gasteiger partial charge in [-0.25, -0.2) is 4.98 Å². The monoisotopic (exact) mass is 519 g/mol. The van der Waals surface area contributed by atoms with E-state index in [0.29, 0.717) is 18.6 Å². The lowest BCUT2D eigenvalue weighted by atomic mass is 9.94. The molecule has 0 saturated heterocycles. The molecular weight excluding hydrogens is 489 g/mol. The van der Waals surface area contributed by atoms with Crippen molar-refractivity contribution in [3.63, 3.8) is 0 Å². The number of aromatic nitrogens is 4. The van der Waals surface area contributed by atoms with E-state index in [2.05, 4.69) is 63.5 Å². The Morgan fingerprint density at radius 1 is 1.30 bits per heavy atom. The van der Waals surface area contributed by atoms with Crippen LogP contribution in [0.2, 0.25) is 0 Å². The summed E-state index contributed by atoms with van der Waals surface area (Å²) in [4.78, 5) is 8.59. The third-order valence-electron chi connectivity index (χ3n) is 5.41. The molecule has 30 heavy (non-hydrogen) atoms. The summed E-state index contributed by atoms with van der Waals surface area (Å²) in [5.41, 5.74) is 4.90. The highest BCUT2D eigenvalue weighted by Gasteiger charge is 2.23. The Kier molecular flexibility index (Phi) is 7.52. The van der Waals surface area contributed by atoms with Gasteiger partial charge in [-0.2, -0.15) is 5.10 Å². The fourth-order valence-electron chi connectivity index (χ4n) is 3.78. The number of nitrogens with zero attached hydrogens (tertiary/aromatic N) is 5. The quantitative estimate of drug-likeness (QED) is 0.308. The van der Waals surface area contributed by atoms with Gasteiger partial charge in [0.2, 0.25) is 0 Å². The molecule has 4 rings (SSSR count). The summed E-state index contributed by atoms with van der Waals surface area (Å²) in [5, 5.41) is 11.8. The molecule has 0 aliphatic heterocycles. The number of halogens is 1. The van der Waals surface area contributed by atoms with Gasteiger partial charge in [0.1, 0.15) is 0 Å². The van der Waals surface area contributed by atoms with E-state index in [0.717, 1.165) is 30.9 Å². The van der Waals surface area contributed by atoms with E-state index in [9.17, 15) is 0 Å². The predicted octanol–water partition coefficient (Wildman–Crippen LogP) is 3.49. The molecule has 2 aromatic heterocycles. The molecule has 1 aliphatic carbocycles. The van der Waals surface area contributed by atoms with Gasteiger partial charge in [-0.05, 0) is 43.9 Å². The standard InChI is InChI=1S/C22H29N7.HI/c1-16(2)29-14-18-8-9-19(12-20(18)27-29)26-22(23-3)25-13-17-6-4-5-7-21(17)28-11-10-24-15-28;/h4-7,10-11,14-16,19H,8-9,12-13H2,1-3H3,(H2,23,25,26);1H. The Hall–Kier alpha value is -2.36. The fraction of sp³-hybridized carbons (Fsp3) is 0.409. The number of fused-ring (bicyclic) bond motifs is 1. The molecule has 0 amide bonds. The number of aryl methyl sites for hydroxylation is 1. The zero-order chi connectivity index (χ0) is 20.2. The van der Waals surface area contributed by atoms with Crippen LogP contribution >= 0.6 is 24.0 Å². The lowest BCUT2D eigenvalue weighted by Crippen LogP contribution is -2.45. The molecule has 0 saturated carbocycles. The van der Waals surface area contributed by atoms with E-state index in [1.165, 1.54) is 16.8 Å². The number of aliphatic imine (C=N–C) groups is 1. The van der Waals surface area contributed by atoms with E-state index >= 15 is 0 Å². The van der Waals surface area contributed by atoms with Gasteiger partial charge >= 0.3 is 0 Å². The molecule has 1 unspecified atom stereocenters. The van der Waals surface area contributed by atoms with Crippen LogP contribution in [0.5, 0.6) is 0 Å². The predicted molar refractivity (Wildman–Crippen MR) is 131 cm³/mol. The number of para-hydroxylation sites is 1. The highest BCUT2D eigenvalue weighted by Crippen LogP contribution is 2.22. The summed E-state index contributed by atoms with van der Waals surface area (Å²) in [6.45, 7) is 5.02. The van der Waals surface area contributed by atoms with Crippen molar-refractivity contribution < 1.29 is 0 Å². The smallest absolute Gasteiger partial charge is 0.191 e. The summed E-state index contributed by atoms with van der Waals surface area (Å²) in [5.74, 6) is 0.821. The lowest BCUT2D eigenvalue weighted by Gasteiger charge is -2.24. The Labute approximate surface area is 195 Å². The minimum absolute atomic E-state index is 0. The van der Waals surface area contributed by atoms with E-state index in [4.69, 9.17) is 5.10 Å². The number of benzene rings is 1. The lowest BCUT2D eigenvalue weighted by molar-refractivity contribution is 0.499. The maximum Gasteiger partial charge on any atom is 0.191 e. The van der Waals surface area contributed by atoms with Crippen molar-refractivity contribution in [3.8, 4) is 5.69 Å². The Morgan fingerprint density at radius 2 is 2.13 bits per heavy atom. The molecule has 8 heteroatoms. The van der Waals surface area contributed by atoms with Crippen LogP contribution < -0.4 is 10.6 Å². The van der Waals surface area contributed by atoms with Crippen molar-refractivity contribution in [2.24, 2.45) is 4.99 Å². The molecule has 1 aliphatic rings. The van der Waals surface area contributed by atoms with Crippen LogP contribution in [-0.4, -0.2) is 38.4 Å². The van der Waals surface area contributed by atoms with Gasteiger partial charge in [0.25, 0.3) is 0 Å². The van der Waals surface area contributed by atoms with Crippen LogP contribution in [-0.2, 0) is 19.4 Å². The van der Waals surface area contributed by atoms with Crippen molar-refractivity contribution >= 4 is 29.9 Å². The first kappa shape index (κ1) is 22.3. The highest BCUT2D eigenvalue weighted by atomic mass is 127. The van der Waals surface area contributed by atoms with Gasteiger partial charge in [-0.3, -0.25) is 9.67 Å². The number of guanidine groups is 1. The Balaban J connectivity index is 0.00000256. The third-order valence-corrected chi connectivity index (χ3v) is 5.41. The maximum atomic E-state index is 4.78. The zero-order valence-electron chi connectivity index (χ0n) is 17.7. The van der Waals surface area contributed by atoms with E-state index in [1.807, 2.05) is 30.2 Å². The zero-order valence-corrected chi connectivity index (χ0v) is 20.1. The van der Waals surface area contributed by atoms with Crippen molar-refractivity contribution in [1.29, 1.82) is 0 Å².